The lowest BCUT2D eigenvalue weighted by atomic mass is 10.0. The van der Waals surface area contributed by atoms with E-state index in [2.05, 4.69) is 22.9 Å². The van der Waals surface area contributed by atoms with E-state index in [1.54, 1.807) is 24.3 Å². The number of anilines is 1. The first-order valence-electron chi connectivity index (χ1n) is 18.1. The van der Waals surface area contributed by atoms with Gasteiger partial charge in [0.25, 0.3) is 0 Å². The van der Waals surface area contributed by atoms with E-state index in [1.165, 1.54) is 58.5 Å². The number of carbonyl (C=O) groups is 3. The zero-order valence-corrected chi connectivity index (χ0v) is 30.3. The molecule has 0 spiro atoms. The van der Waals surface area contributed by atoms with Gasteiger partial charge in [-0.25, -0.2) is 4.79 Å². The van der Waals surface area contributed by atoms with Crippen molar-refractivity contribution in [3.05, 3.63) is 29.8 Å². The molecule has 0 saturated carbocycles. The minimum absolute atomic E-state index is 0.144. The Bertz CT molecular complexity index is 1130. The molecular weight excluding hydrogens is 614 g/mol. The number of amides is 3. The summed E-state index contributed by atoms with van der Waals surface area (Å²) in [5, 5.41) is 8.65. The number of benzene rings is 1. The lowest BCUT2D eigenvalue weighted by Gasteiger charge is -2.29. The highest BCUT2D eigenvalue weighted by Crippen LogP contribution is 2.40. The number of ether oxygens (including phenoxy) is 5. The molecule has 0 aliphatic carbocycles. The average Bonchev–Trinajstić information content (AvgIpc) is 3.52. The van der Waals surface area contributed by atoms with Crippen LogP contribution in [0.4, 0.5) is 10.5 Å². The number of rotatable bonds is 21. The van der Waals surface area contributed by atoms with Crippen LogP contribution in [0.1, 0.15) is 118 Å². The normalized spacial score (nSPS) is 22.6. The van der Waals surface area contributed by atoms with Crippen molar-refractivity contribution < 1.29 is 38.1 Å². The van der Waals surface area contributed by atoms with Crippen molar-refractivity contribution >= 4 is 23.6 Å². The predicted octanol–water partition coefficient (Wildman–Crippen LogP) is 6.63. The van der Waals surface area contributed by atoms with E-state index in [1.807, 2.05) is 34.6 Å². The first-order valence-corrected chi connectivity index (χ1v) is 18.1. The van der Waals surface area contributed by atoms with E-state index in [4.69, 9.17) is 23.7 Å². The molecule has 2 heterocycles. The highest BCUT2D eigenvalue weighted by atomic mass is 16.8. The van der Waals surface area contributed by atoms with Crippen LogP contribution in [-0.2, 0) is 39.7 Å². The largest absolute Gasteiger partial charge is 0.469 e. The third kappa shape index (κ3) is 13.3. The topological polar surface area (TPSA) is 133 Å². The second kappa shape index (κ2) is 20.1. The summed E-state index contributed by atoms with van der Waals surface area (Å²) in [6.07, 6.45) is 11.2. The molecule has 2 aliphatic rings. The van der Waals surface area contributed by atoms with E-state index in [0.717, 1.165) is 18.4 Å². The first-order chi connectivity index (χ1) is 22.9. The molecule has 0 unspecified atom stereocenters. The maximum Gasteiger partial charge on any atom is 0.319 e. The van der Waals surface area contributed by atoms with E-state index in [-0.39, 0.29) is 24.2 Å². The average molecular weight is 676 g/mol. The van der Waals surface area contributed by atoms with Gasteiger partial charge in [0, 0.05) is 12.3 Å². The molecule has 272 valence electrons. The Hall–Kier alpha value is -2.73. The number of esters is 1. The molecule has 0 radical (unpaired) electrons. The fourth-order valence-corrected chi connectivity index (χ4v) is 6.30. The van der Waals surface area contributed by atoms with Crippen molar-refractivity contribution in [2.24, 2.45) is 5.92 Å². The monoisotopic (exact) mass is 675 g/mol. The molecule has 6 atom stereocenters. The van der Waals surface area contributed by atoms with Crippen LogP contribution in [0.5, 0.6) is 0 Å². The Balaban J connectivity index is 1.49. The fraction of sp³-hybridized carbons (Fsp3) is 0.757. The highest BCUT2D eigenvalue weighted by molar-refractivity contribution is 5.93. The van der Waals surface area contributed by atoms with Crippen LogP contribution in [0.25, 0.3) is 0 Å². The molecule has 1 aromatic rings. The van der Waals surface area contributed by atoms with Gasteiger partial charge in [-0.2, -0.15) is 0 Å². The second-order valence-corrected chi connectivity index (χ2v) is 14.1. The lowest BCUT2D eigenvalue weighted by molar-refractivity contribution is -0.236. The Morgan fingerprint density at radius 3 is 2.06 bits per heavy atom. The van der Waals surface area contributed by atoms with Gasteiger partial charge >= 0.3 is 12.0 Å². The maximum absolute atomic E-state index is 13.5. The van der Waals surface area contributed by atoms with Crippen LogP contribution in [0, 0.1) is 5.92 Å². The fourth-order valence-electron chi connectivity index (χ4n) is 6.30. The number of hydrogen-bond acceptors (Lipinski definition) is 8. The second-order valence-electron chi connectivity index (χ2n) is 14.1. The van der Waals surface area contributed by atoms with Crippen molar-refractivity contribution in [2.45, 2.75) is 161 Å². The number of nitrogens with one attached hydrogen (secondary N) is 3. The van der Waals surface area contributed by atoms with Crippen molar-refractivity contribution in [3.63, 3.8) is 0 Å². The number of hydrogen-bond donors (Lipinski definition) is 3. The summed E-state index contributed by atoms with van der Waals surface area (Å²) in [5.41, 5.74) is 1.30. The van der Waals surface area contributed by atoms with Crippen LogP contribution < -0.4 is 16.0 Å². The minimum Gasteiger partial charge on any atom is -0.469 e. The van der Waals surface area contributed by atoms with E-state index in [9.17, 15) is 14.4 Å². The van der Waals surface area contributed by atoms with Crippen molar-refractivity contribution in [1.82, 2.24) is 10.6 Å². The number of unbranched alkanes of at least 4 members (excludes halogenated alkanes) is 9. The van der Waals surface area contributed by atoms with Crippen LogP contribution in [0.3, 0.4) is 0 Å². The third-order valence-electron chi connectivity index (χ3n) is 8.81. The van der Waals surface area contributed by atoms with Crippen LogP contribution in [-0.4, -0.2) is 74.1 Å². The molecule has 3 amide bonds. The van der Waals surface area contributed by atoms with Gasteiger partial charge in [-0.15, -0.1) is 0 Å². The van der Waals surface area contributed by atoms with Gasteiger partial charge in [-0.05, 0) is 57.2 Å². The van der Waals surface area contributed by atoms with E-state index < -0.39 is 48.5 Å². The first kappa shape index (κ1) is 39.7. The molecule has 0 bridgehead atoms. The van der Waals surface area contributed by atoms with Crippen molar-refractivity contribution in [3.8, 4) is 0 Å². The SMILES string of the molecule is CCCCCCCCCCCCO[C@H]1O[C@H]([C@H](C)NC(=O)[C@H](CC(C)C)NC(=O)Nc2ccc(CC(=O)OC)cc2)[C@@H]2OC(C)(C)O[C@H]12. The molecule has 0 aromatic heterocycles. The zero-order valence-electron chi connectivity index (χ0n) is 30.3. The Morgan fingerprint density at radius 2 is 1.46 bits per heavy atom. The summed E-state index contributed by atoms with van der Waals surface area (Å²) in [6.45, 7) is 12.4. The molecular formula is C37H61N3O8. The van der Waals surface area contributed by atoms with Crippen molar-refractivity contribution in [2.75, 3.05) is 19.0 Å². The van der Waals surface area contributed by atoms with E-state index in [0.29, 0.717) is 18.7 Å². The molecule has 3 rings (SSSR count). The van der Waals surface area contributed by atoms with Crippen LogP contribution in [0.2, 0.25) is 0 Å². The van der Waals surface area contributed by atoms with Crippen molar-refractivity contribution in [1.29, 1.82) is 0 Å². The standard InChI is InChI=1S/C37H61N3O8/c1-8-9-10-11-12-13-14-15-16-17-22-45-35-33-32(47-37(5,6)48-33)31(46-35)26(4)38-34(42)29(23-25(2)3)40-36(43)39-28-20-18-27(19-21-28)24-30(41)44-7/h18-21,25-26,29,31-33,35H,8-17,22-24H2,1-7H3,(H,38,42)(H2,39,40,43)/t26-,29-,31+,32-,33-,35-/m0/s1. The molecule has 48 heavy (non-hydrogen) atoms. The highest BCUT2D eigenvalue weighted by Gasteiger charge is 2.57. The van der Waals surface area contributed by atoms with Gasteiger partial charge in [0.15, 0.2) is 12.1 Å². The number of carbonyl (C=O) groups excluding carboxylic acids is 3. The Labute approximate surface area is 287 Å². The molecule has 2 aliphatic heterocycles. The van der Waals surface area contributed by atoms with Gasteiger partial charge in [-0.3, -0.25) is 9.59 Å². The predicted molar refractivity (Wildman–Crippen MR) is 185 cm³/mol. The molecule has 11 nitrogen and oxygen atoms in total. The third-order valence-corrected chi connectivity index (χ3v) is 8.81. The smallest absolute Gasteiger partial charge is 0.319 e. The van der Waals surface area contributed by atoms with Crippen LogP contribution >= 0.6 is 0 Å². The summed E-state index contributed by atoms with van der Waals surface area (Å²) in [4.78, 5) is 38.0. The number of urea groups is 1. The van der Waals surface area contributed by atoms with Gasteiger partial charge in [0.1, 0.15) is 24.4 Å². The molecule has 2 saturated heterocycles. The Kier molecular flexibility index (Phi) is 16.6. The minimum atomic E-state index is -0.794. The summed E-state index contributed by atoms with van der Waals surface area (Å²) < 4.78 is 29.6. The van der Waals surface area contributed by atoms with Gasteiger partial charge < -0.3 is 39.6 Å². The van der Waals surface area contributed by atoms with Crippen LogP contribution in [0.15, 0.2) is 24.3 Å². The molecule has 11 heteroatoms. The summed E-state index contributed by atoms with van der Waals surface area (Å²) in [7, 11) is 1.34. The molecule has 1 aromatic carbocycles. The molecule has 3 N–H and O–H groups in total. The van der Waals surface area contributed by atoms with Gasteiger partial charge in [-0.1, -0.05) is 90.7 Å². The Morgan fingerprint density at radius 1 is 0.854 bits per heavy atom. The summed E-state index contributed by atoms with van der Waals surface area (Å²) >= 11 is 0. The quantitative estimate of drug-likeness (QED) is 0.0978. The van der Waals surface area contributed by atoms with Gasteiger partial charge in [0.05, 0.1) is 19.6 Å². The zero-order chi connectivity index (χ0) is 35.1. The van der Waals surface area contributed by atoms with E-state index >= 15 is 0 Å². The molecule has 2 fully saturated rings. The lowest BCUT2D eigenvalue weighted by Crippen LogP contribution is -2.54. The summed E-state index contributed by atoms with van der Waals surface area (Å²) in [5.74, 6) is -1.30. The maximum atomic E-state index is 13.5. The van der Waals surface area contributed by atoms with Gasteiger partial charge in [0.2, 0.25) is 5.91 Å². The number of methoxy groups -OCH3 is 1. The number of fused-ring (bicyclic) bond motifs is 1. The summed E-state index contributed by atoms with van der Waals surface area (Å²) in [6, 6.07) is 5.17.